The highest BCUT2D eigenvalue weighted by molar-refractivity contribution is 7.89. The van der Waals surface area contributed by atoms with E-state index in [1.165, 1.54) is 24.3 Å². The standard InChI is InChI=1S/C14H22F2N2O3S.ClH/c1-10(2)7-11(8-17)18-22(19,20)13-5-3-12(4-6-13)21-9-14(15)16;/h3-6,10-11,14,18H,7-9,17H2,1-2H3;1H. The minimum Gasteiger partial charge on any atom is -0.488 e. The first-order valence-electron chi connectivity index (χ1n) is 6.98. The third-order valence-electron chi connectivity index (χ3n) is 2.87. The zero-order valence-electron chi connectivity index (χ0n) is 13.0. The minimum atomic E-state index is -3.70. The lowest BCUT2D eigenvalue weighted by atomic mass is 10.1. The van der Waals surface area contributed by atoms with Gasteiger partial charge in [0.05, 0.1) is 4.90 Å². The zero-order chi connectivity index (χ0) is 16.8. The molecule has 0 aliphatic heterocycles. The van der Waals surface area contributed by atoms with Gasteiger partial charge in [-0.2, -0.15) is 0 Å². The molecule has 1 aromatic carbocycles. The van der Waals surface area contributed by atoms with Crippen LogP contribution in [0.3, 0.4) is 0 Å². The van der Waals surface area contributed by atoms with E-state index in [2.05, 4.69) is 4.72 Å². The number of alkyl halides is 2. The molecular weight excluding hydrogens is 350 g/mol. The second-order valence-electron chi connectivity index (χ2n) is 5.36. The van der Waals surface area contributed by atoms with E-state index in [1.807, 2.05) is 13.8 Å². The summed E-state index contributed by atoms with van der Waals surface area (Å²) in [4.78, 5) is 0.0408. The largest absolute Gasteiger partial charge is 0.488 e. The van der Waals surface area contributed by atoms with Crippen molar-refractivity contribution in [2.75, 3.05) is 13.2 Å². The van der Waals surface area contributed by atoms with Crippen molar-refractivity contribution in [1.82, 2.24) is 4.72 Å². The van der Waals surface area contributed by atoms with Crippen molar-refractivity contribution in [1.29, 1.82) is 0 Å². The summed E-state index contributed by atoms with van der Waals surface area (Å²) in [7, 11) is -3.70. The molecule has 5 nitrogen and oxygen atoms in total. The van der Waals surface area contributed by atoms with Crippen LogP contribution in [0.5, 0.6) is 5.75 Å². The van der Waals surface area contributed by atoms with E-state index in [9.17, 15) is 17.2 Å². The van der Waals surface area contributed by atoms with Crippen LogP contribution in [0.2, 0.25) is 0 Å². The van der Waals surface area contributed by atoms with Crippen molar-refractivity contribution in [3.63, 3.8) is 0 Å². The first-order valence-corrected chi connectivity index (χ1v) is 8.46. The Balaban J connectivity index is 0.00000484. The van der Waals surface area contributed by atoms with Crippen molar-refractivity contribution >= 4 is 22.4 Å². The van der Waals surface area contributed by atoms with E-state index < -0.39 is 23.1 Å². The number of benzene rings is 1. The maximum atomic E-state index is 12.2. The van der Waals surface area contributed by atoms with Gasteiger partial charge < -0.3 is 10.5 Å². The summed E-state index contributed by atoms with van der Waals surface area (Å²) in [5.41, 5.74) is 5.58. The predicted octanol–water partition coefficient (Wildman–Crippen LogP) is 2.40. The molecule has 3 N–H and O–H groups in total. The highest BCUT2D eigenvalue weighted by Gasteiger charge is 2.20. The molecule has 1 aromatic rings. The van der Waals surface area contributed by atoms with Crippen LogP contribution in [0.15, 0.2) is 29.2 Å². The van der Waals surface area contributed by atoms with Crippen molar-refractivity contribution in [3.8, 4) is 5.75 Å². The second kappa shape index (κ2) is 10.0. The Morgan fingerprint density at radius 1 is 1.22 bits per heavy atom. The number of sulfonamides is 1. The van der Waals surface area contributed by atoms with Gasteiger partial charge in [-0.05, 0) is 36.6 Å². The fourth-order valence-electron chi connectivity index (χ4n) is 1.92. The van der Waals surface area contributed by atoms with Gasteiger partial charge in [0.15, 0.2) is 0 Å². The van der Waals surface area contributed by atoms with Gasteiger partial charge in [-0.25, -0.2) is 21.9 Å². The number of halogens is 3. The van der Waals surface area contributed by atoms with Gasteiger partial charge in [-0.15, -0.1) is 12.4 Å². The molecule has 0 saturated heterocycles. The van der Waals surface area contributed by atoms with Gasteiger partial charge >= 0.3 is 0 Å². The van der Waals surface area contributed by atoms with E-state index in [0.29, 0.717) is 12.3 Å². The van der Waals surface area contributed by atoms with Gasteiger partial charge in [0.25, 0.3) is 6.43 Å². The average Bonchev–Trinajstić information content (AvgIpc) is 2.44. The van der Waals surface area contributed by atoms with Crippen LogP contribution in [0.4, 0.5) is 8.78 Å². The maximum absolute atomic E-state index is 12.2. The van der Waals surface area contributed by atoms with Crippen LogP contribution in [-0.2, 0) is 10.0 Å². The lowest BCUT2D eigenvalue weighted by molar-refractivity contribution is 0.0819. The predicted molar refractivity (Wildman–Crippen MR) is 87.8 cm³/mol. The Bertz CT molecular complexity index is 554. The highest BCUT2D eigenvalue weighted by Crippen LogP contribution is 2.17. The number of hydrogen-bond acceptors (Lipinski definition) is 4. The summed E-state index contributed by atoms with van der Waals surface area (Å²) in [6, 6.07) is 4.96. The number of nitrogens with one attached hydrogen (secondary N) is 1. The molecule has 1 rings (SSSR count). The Morgan fingerprint density at radius 3 is 2.22 bits per heavy atom. The molecule has 0 aliphatic carbocycles. The molecule has 9 heteroatoms. The van der Waals surface area contributed by atoms with E-state index >= 15 is 0 Å². The Morgan fingerprint density at radius 2 is 1.78 bits per heavy atom. The van der Waals surface area contributed by atoms with Crippen molar-refractivity contribution in [3.05, 3.63) is 24.3 Å². The van der Waals surface area contributed by atoms with Gasteiger partial charge in [-0.3, -0.25) is 0 Å². The van der Waals surface area contributed by atoms with Crippen LogP contribution in [0.25, 0.3) is 0 Å². The third-order valence-corrected chi connectivity index (χ3v) is 4.41. The van der Waals surface area contributed by atoms with E-state index in [-0.39, 0.29) is 35.6 Å². The smallest absolute Gasteiger partial charge is 0.272 e. The Kier molecular flexibility index (Phi) is 9.60. The first kappa shape index (κ1) is 22.0. The van der Waals surface area contributed by atoms with E-state index in [0.717, 1.165) is 0 Å². The zero-order valence-corrected chi connectivity index (χ0v) is 14.7. The van der Waals surface area contributed by atoms with Crippen LogP contribution in [-0.4, -0.2) is 34.0 Å². The van der Waals surface area contributed by atoms with Crippen molar-refractivity contribution < 1.29 is 21.9 Å². The van der Waals surface area contributed by atoms with Gasteiger partial charge in [0.2, 0.25) is 10.0 Å². The number of rotatable bonds is 9. The summed E-state index contributed by atoms with van der Waals surface area (Å²) in [5, 5.41) is 0. The molecule has 0 saturated carbocycles. The van der Waals surface area contributed by atoms with Crippen LogP contribution in [0.1, 0.15) is 20.3 Å². The maximum Gasteiger partial charge on any atom is 0.272 e. The molecule has 0 amide bonds. The van der Waals surface area contributed by atoms with Gasteiger partial charge in [0.1, 0.15) is 12.4 Å². The normalized spacial score (nSPS) is 13.0. The fourth-order valence-corrected chi connectivity index (χ4v) is 3.18. The highest BCUT2D eigenvalue weighted by atomic mass is 35.5. The average molecular weight is 373 g/mol. The molecule has 0 bridgehead atoms. The lowest BCUT2D eigenvalue weighted by Crippen LogP contribution is -2.40. The number of ether oxygens (including phenoxy) is 1. The fraction of sp³-hybridized carbons (Fsp3) is 0.571. The van der Waals surface area contributed by atoms with Gasteiger partial charge in [-0.1, -0.05) is 13.8 Å². The van der Waals surface area contributed by atoms with E-state index in [4.69, 9.17) is 10.5 Å². The monoisotopic (exact) mass is 372 g/mol. The minimum absolute atomic E-state index is 0. The van der Waals surface area contributed by atoms with Crippen molar-refractivity contribution in [2.45, 2.75) is 37.6 Å². The third kappa shape index (κ3) is 7.92. The molecule has 23 heavy (non-hydrogen) atoms. The molecule has 0 aliphatic rings. The molecular formula is C14H23ClF2N2O3S. The Hall–Kier alpha value is -0.960. The summed E-state index contributed by atoms with van der Waals surface area (Å²) < 4.78 is 55.9. The molecule has 0 fully saturated rings. The summed E-state index contributed by atoms with van der Waals surface area (Å²) >= 11 is 0. The van der Waals surface area contributed by atoms with Crippen LogP contribution in [0, 0.1) is 5.92 Å². The summed E-state index contributed by atoms with van der Waals surface area (Å²) in [6.07, 6.45) is -1.95. The number of nitrogens with two attached hydrogens (primary N) is 1. The number of hydrogen-bond donors (Lipinski definition) is 2. The van der Waals surface area contributed by atoms with Crippen LogP contribution < -0.4 is 15.2 Å². The topological polar surface area (TPSA) is 81.4 Å². The molecule has 0 heterocycles. The van der Waals surface area contributed by atoms with Crippen molar-refractivity contribution in [2.24, 2.45) is 11.7 Å². The first-order chi connectivity index (χ1) is 10.2. The summed E-state index contributed by atoms with van der Waals surface area (Å²) in [6.45, 7) is 3.43. The molecule has 134 valence electrons. The quantitative estimate of drug-likeness (QED) is 0.697. The van der Waals surface area contributed by atoms with Gasteiger partial charge in [0, 0.05) is 12.6 Å². The summed E-state index contributed by atoms with van der Waals surface area (Å²) in [5.74, 6) is 0.498. The molecule has 0 aromatic heterocycles. The molecule has 1 unspecified atom stereocenters. The van der Waals surface area contributed by atoms with E-state index in [1.54, 1.807) is 0 Å². The second-order valence-corrected chi connectivity index (χ2v) is 7.07. The lowest BCUT2D eigenvalue weighted by Gasteiger charge is -2.19. The van der Waals surface area contributed by atoms with Crippen LogP contribution >= 0.6 is 12.4 Å². The molecule has 1 atom stereocenters. The molecule has 0 radical (unpaired) electrons. The Labute approximate surface area is 142 Å². The SMILES string of the molecule is CC(C)CC(CN)NS(=O)(=O)c1ccc(OCC(F)F)cc1.Cl. The molecule has 0 spiro atoms.